The van der Waals surface area contributed by atoms with Gasteiger partial charge in [0, 0.05) is 5.56 Å². The molecule has 0 atom stereocenters. The Hall–Kier alpha value is -2.03. The Morgan fingerprint density at radius 1 is 1.11 bits per heavy atom. The normalized spacial score (nSPS) is 10.2. The van der Waals surface area contributed by atoms with Crippen molar-refractivity contribution < 1.29 is 13.9 Å². The molecule has 94 valence electrons. The highest BCUT2D eigenvalue weighted by molar-refractivity contribution is 5.67. The summed E-state index contributed by atoms with van der Waals surface area (Å²) < 4.78 is 24.6. The first-order chi connectivity index (χ1) is 8.76. The zero-order chi connectivity index (χ0) is 13.0. The molecule has 3 heteroatoms. The van der Waals surface area contributed by atoms with Crippen molar-refractivity contribution in [2.45, 2.75) is 6.92 Å². The topological polar surface area (TPSA) is 18.5 Å². The highest BCUT2D eigenvalue weighted by atomic mass is 19.1. The second-order valence-corrected chi connectivity index (χ2v) is 3.78. The molecule has 0 aliphatic heterocycles. The van der Waals surface area contributed by atoms with Gasteiger partial charge < -0.3 is 9.47 Å². The third-order valence-corrected chi connectivity index (χ3v) is 2.64. The lowest BCUT2D eigenvalue weighted by molar-refractivity contribution is 0.322. The molecule has 2 aromatic rings. The van der Waals surface area contributed by atoms with Gasteiger partial charge in [-0.15, -0.1) is 0 Å². The van der Waals surface area contributed by atoms with E-state index in [4.69, 9.17) is 9.47 Å². The Kier molecular flexibility index (Phi) is 3.82. The van der Waals surface area contributed by atoms with Crippen molar-refractivity contribution in [2.24, 2.45) is 0 Å². The average Bonchev–Trinajstić information content (AvgIpc) is 2.41. The van der Waals surface area contributed by atoms with Gasteiger partial charge in [-0.2, -0.15) is 0 Å². The van der Waals surface area contributed by atoms with Crippen LogP contribution < -0.4 is 9.47 Å². The first-order valence-electron chi connectivity index (χ1n) is 5.82. The van der Waals surface area contributed by atoms with E-state index in [1.165, 1.54) is 0 Å². The van der Waals surface area contributed by atoms with Gasteiger partial charge in [-0.05, 0) is 30.7 Å². The minimum absolute atomic E-state index is 0.276. The molecule has 0 bridgehead atoms. The van der Waals surface area contributed by atoms with Crippen LogP contribution in [0.4, 0.5) is 4.39 Å². The standard InChI is InChI=1S/C15H15FO2/c1-3-18-14-9-5-8-13(15(14)16)11-6-4-7-12(10-11)17-2/h4-10H,3H2,1-2H3. The fourth-order valence-electron chi connectivity index (χ4n) is 1.79. The molecule has 2 aromatic carbocycles. The van der Waals surface area contributed by atoms with Crippen molar-refractivity contribution in [2.75, 3.05) is 13.7 Å². The van der Waals surface area contributed by atoms with Crippen LogP contribution in [0, 0.1) is 5.82 Å². The summed E-state index contributed by atoms with van der Waals surface area (Å²) in [5.41, 5.74) is 1.29. The van der Waals surface area contributed by atoms with E-state index >= 15 is 0 Å². The molecule has 2 nitrogen and oxygen atoms in total. The first-order valence-corrected chi connectivity index (χ1v) is 5.82. The van der Waals surface area contributed by atoms with Crippen LogP contribution in [0.5, 0.6) is 11.5 Å². The minimum atomic E-state index is -0.340. The molecule has 0 saturated heterocycles. The quantitative estimate of drug-likeness (QED) is 0.814. The molecule has 2 rings (SSSR count). The van der Waals surface area contributed by atoms with Gasteiger partial charge in [0.15, 0.2) is 11.6 Å². The van der Waals surface area contributed by atoms with Gasteiger partial charge in [0.05, 0.1) is 13.7 Å². The van der Waals surface area contributed by atoms with Crippen LogP contribution in [0.1, 0.15) is 6.92 Å². The molecule has 0 saturated carbocycles. The van der Waals surface area contributed by atoms with E-state index in [0.29, 0.717) is 17.9 Å². The van der Waals surface area contributed by atoms with E-state index in [1.807, 2.05) is 25.1 Å². The molecule has 0 aliphatic rings. The Morgan fingerprint density at radius 2 is 1.89 bits per heavy atom. The predicted octanol–water partition coefficient (Wildman–Crippen LogP) is 3.90. The summed E-state index contributed by atoms with van der Waals surface area (Å²) >= 11 is 0. The third-order valence-electron chi connectivity index (χ3n) is 2.64. The van der Waals surface area contributed by atoms with Crippen molar-refractivity contribution in [3.63, 3.8) is 0 Å². The lowest BCUT2D eigenvalue weighted by atomic mass is 10.0. The molecule has 0 unspecified atom stereocenters. The molecule has 0 radical (unpaired) electrons. The van der Waals surface area contributed by atoms with Gasteiger partial charge in [-0.3, -0.25) is 0 Å². The maximum Gasteiger partial charge on any atom is 0.172 e. The van der Waals surface area contributed by atoms with E-state index in [2.05, 4.69) is 0 Å². The van der Waals surface area contributed by atoms with E-state index in [0.717, 1.165) is 5.56 Å². The van der Waals surface area contributed by atoms with Crippen molar-refractivity contribution in [1.29, 1.82) is 0 Å². The molecule has 0 fully saturated rings. The van der Waals surface area contributed by atoms with Gasteiger partial charge in [-0.1, -0.05) is 24.3 Å². The summed E-state index contributed by atoms with van der Waals surface area (Å²) in [7, 11) is 1.59. The molecular formula is C15H15FO2. The summed E-state index contributed by atoms with van der Waals surface area (Å²) in [6.45, 7) is 2.27. The lowest BCUT2D eigenvalue weighted by Gasteiger charge is -2.09. The molecular weight excluding hydrogens is 231 g/mol. The highest BCUT2D eigenvalue weighted by Gasteiger charge is 2.10. The number of hydrogen-bond donors (Lipinski definition) is 0. The number of rotatable bonds is 4. The monoisotopic (exact) mass is 246 g/mol. The van der Waals surface area contributed by atoms with Gasteiger partial charge in [-0.25, -0.2) is 4.39 Å². The van der Waals surface area contributed by atoms with Gasteiger partial charge >= 0.3 is 0 Å². The Morgan fingerprint density at radius 3 is 2.61 bits per heavy atom. The second kappa shape index (κ2) is 5.54. The lowest BCUT2D eigenvalue weighted by Crippen LogP contribution is -1.96. The van der Waals surface area contributed by atoms with Crippen LogP contribution in [0.3, 0.4) is 0 Å². The highest BCUT2D eigenvalue weighted by Crippen LogP contribution is 2.30. The molecule has 0 aromatic heterocycles. The number of methoxy groups -OCH3 is 1. The van der Waals surface area contributed by atoms with Crippen LogP contribution in [-0.4, -0.2) is 13.7 Å². The summed E-state index contributed by atoms with van der Waals surface area (Å²) in [5, 5.41) is 0. The zero-order valence-corrected chi connectivity index (χ0v) is 10.4. The van der Waals surface area contributed by atoms with Crippen LogP contribution in [0.2, 0.25) is 0 Å². The van der Waals surface area contributed by atoms with Crippen molar-refractivity contribution in [3.8, 4) is 22.6 Å². The average molecular weight is 246 g/mol. The molecule has 18 heavy (non-hydrogen) atoms. The number of ether oxygens (including phenoxy) is 2. The maximum atomic E-state index is 14.2. The number of benzene rings is 2. The van der Waals surface area contributed by atoms with Gasteiger partial charge in [0.1, 0.15) is 5.75 Å². The minimum Gasteiger partial charge on any atom is -0.497 e. The largest absolute Gasteiger partial charge is 0.497 e. The van der Waals surface area contributed by atoms with Crippen LogP contribution in [-0.2, 0) is 0 Å². The van der Waals surface area contributed by atoms with Gasteiger partial charge in [0.25, 0.3) is 0 Å². The van der Waals surface area contributed by atoms with Gasteiger partial charge in [0.2, 0.25) is 0 Å². The summed E-state index contributed by atoms with van der Waals surface area (Å²) in [6, 6.07) is 12.4. The smallest absolute Gasteiger partial charge is 0.172 e. The predicted molar refractivity (Wildman–Crippen MR) is 69.6 cm³/mol. The molecule has 0 spiro atoms. The zero-order valence-electron chi connectivity index (χ0n) is 10.4. The van der Waals surface area contributed by atoms with E-state index in [-0.39, 0.29) is 11.6 Å². The molecule has 0 heterocycles. The van der Waals surface area contributed by atoms with Crippen molar-refractivity contribution >= 4 is 0 Å². The van der Waals surface area contributed by atoms with Crippen LogP contribution in [0.25, 0.3) is 11.1 Å². The van der Waals surface area contributed by atoms with Crippen LogP contribution >= 0.6 is 0 Å². The second-order valence-electron chi connectivity index (χ2n) is 3.78. The summed E-state index contributed by atoms with van der Waals surface area (Å²) in [5.74, 6) is 0.638. The number of halogens is 1. The summed E-state index contributed by atoms with van der Waals surface area (Å²) in [4.78, 5) is 0. The summed E-state index contributed by atoms with van der Waals surface area (Å²) in [6.07, 6.45) is 0. The van der Waals surface area contributed by atoms with Crippen molar-refractivity contribution in [3.05, 3.63) is 48.3 Å². The Balaban J connectivity index is 2.46. The van der Waals surface area contributed by atoms with E-state index < -0.39 is 0 Å². The first kappa shape index (κ1) is 12.4. The van der Waals surface area contributed by atoms with Crippen LogP contribution in [0.15, 0.2) is 42.5 Å². The molecule has 0 N–H and O–H groups in total. The maximum absolute atomic E-state index is 14.2. The van der Waals surface area contributed by atoms with E-state index in [9.17, 15) is 4.39 Å². The SMILES string of the molecule is CCOc1cccc(-c2cccc(OC)c2)c1F. The fraction of sp³-hybridized carbons (Fsp3) is 0.200. The van der Waals surface area contributed by atoms with E-state index in [1.54, 1.807) is 31.4 Å². The molecule has 0 aliphatic carbocycles. The van der Waals surface area contributed by atoms with Crippen molar-refractivity contribution in [1.82, 2.24) is 0 Å². The third kappa shape index (κ3) is 2.45. The fourth-order valence-corrected chi connectivity index (χ4v) is 1.79. The Labute approximate surface area is 106 Å². The number of hydrogen-bond acceptors (Lipinski definition) is 2. The molecule has 0 amide bonds. The Bertz CT molecular complexity index is 538.